The first-order valence-corrected chi connectivity index (χ1v) is 18.0. The van der Waals surface area contributed by atoms with Gasteiger partial charge in [0.25, 0.3) is 11.5 Å². The molecule has 13 nitrogen and oxygen atoms in total. The molecular weight excluding hydrogens is 685 g/mol. The smallest absolute Gasteiger partial charge is 0.362 e. The van der Waals surface area contributed by atoms with Gasteiger partial charge in [-0.2, -0.15) is 4.57 Å². The van der Waals surface area contributed by atoms with Crippen molar-refractivity contribution in [2.45, 2.75) is 44.9 Å². The number of aliphatic hydroxyl groups is 1. The van der Waals surface area contributed by atoms with Crippen LogP contribution in [0.15, 0.2) is 149 Å². The van der Waals surface area contributed by atoms with Gasteiger partial charge in [0.1, 0.15) is 11.8 Å². The van der Waals surface area contributed by atoms with Gasteiger partial charge in [0.05, 0.1) is 39.1 Å². The lowest BCUT2D eigenvalue weighted by Gasteiger charge is -2.29. The summed E-state index contributed by atoms with van der Waals surface area (Å²) in [6.07, 6.45) is 1.63. The second-order valence-corrected chi connectivity index (χ2v) is 13.9. The lowest BCUT2D eigenvalue weighted by molar-refractivity contribution is -0.0384. The van der Waals surface area contributed by atoms with E-state index in [1.165, 1.54) is 29.2 Å². The number of carbonyl (C=O) groups excluding carboxylic acids is 1. The highest BCUT2D eigenvalue weighted by atomic mass is 31.2. The first kappa shape index (κ1) is 36.2. The number of ether oxygens (including phenoxy) is 1. The fourth-order valence-electron chi connectivity index (χ4n) is 5.27. The third-order valence-electron chi connectivity index (χ3n) is 8.04. The van der Waals surface area contributed by atoms with Gasteiger partial charge in [-0.1, -0.05) is 114 Å². The Hall–Kier alpha value is -5.56. The molecule has 0 saturated heterocycles. The second kappa shape index (κ2) is 17.1. The van der Waals surface area contributed by atoms with Crippen LogP contribution in [0.3, 0.4) is 0 Å². The first-order chi connectivity index (χ1) is 25.3. The van der Waals surface area contributed by atoms with Crippen LogP contribution in [0.25, 0.3) is 0 Å². The standard InChI is InChI=1S/C38H36N5O8P/c44-35-21-22-41(38(47)43(35)36(45)32-19-11-4-12-20-32)23-33-24-42(40-39-33)25-34(49-26-29-13-5-1-6-14-29)37(46)52(48,50-27-30-15-7-2-8-16-30)51-28-31-17-9-3-10-18-31/h1-22,24,34,37,46H,23,25-28H2/t34-,37-/m0/s1. The summed E-state index contributed by atoms with van der Waals surface area (Å²) in [6.45, 7) is -0.375. The Balaban J connectivity index is 1.24. The minimum Gasteiger partial charge on any atom is -0.378 e. The number of aliphatic hydroxyl groups excluding tert-OH is 1. The Morgan fingerprint density at radius 1 is 0.731 bits per heavy atom. The maximum Gasteiger partial charge on any atom is 0.362 e. The van der Waals surface area contributed by atoms with Crippen molar-refractivity contribution < 1.29 is 28.3 Å². The molecule has 0 unspecified atom stereocenters. The van der Waals surface area contributed by atoms with E-state index in [-0.39, 0.29) is 38.5 Å². The van der Waals surface area contributed by atoms with E-state index < -0.39 is 36.7 Å². The van der Waals surface area contributed by atoms with Gasteiger partial charge in [-0.3, -0.25) is 18.7 Å². The fraction of sp³-hybridized carbons (Fsp3) is 0.184. The molecule has 1 N–H and O–H groups in total. The zero-order chi connectivity index (χ0) is 36.3. The predicted molar refractivity (Wildman–Crippen MR) is 191 cm³/mol. The fourth-order valence-corrected chi connectivity index (χ4v) is 6.90. The van der Waals surface area contributed by atoms with Crippen LogP contribution in [0.5, 0.6) is 0 Å². The molecule has 266 valence electrons. The van der Waals surface area contributed by atoms with Crippen LogP contribution in [0.1, 0.15) is 32.7 Å². The molecule has 52 heavy (non-hydrogen) atoms. The Kier molecular flexibility index (Phi) is 11.9. The zero-order valence-corrected chi connectivity index (χ0v) is 28.9. The number of hydrogen-bond acceptors (Lipinski definition) is 10. The van der Waals surface area contributed by atoms with Gasteiger partial charge in [0, 0.05) is 17.8 Å². The molecule has 2 atom stereocenters. The number of hydrogen-bond donors (Lipinski definition) is 1. The van der Waals surface area contributed by atoms with Gasteiger partial charge in [0.2, 0.25) is 0 Å². The van der Waals surface area contributed by atoms with E-state index in [4.69, 9.17) is 13.8 Å². The second-order valence-electron chi connectivity index (χ2n) is 11.8. The van der Waals surface area contributed by atoms with Crippen molar-refractivity contribution in [2.75, 3.05) is 0 Å². The third kappa shape index (κ3) is 9.21. The predicted octanol–water partition coefficient (Wildman–Crippen LogP) is 4.87. The SMILES string of the molecule is O=C(c1ccccc1)n1c(=O)ccn(Cc2cn(C[C@H](OCc3ccccc3)[C@@H](O)P(=O)(OCc3ccccc3)OCc3ccccc3)nn2)c1=O. The first-order valence-electron chi connectivity index (χ1n) is 16.4. The normalized spacial score (nSPS) is 12.7. The molecule has 2 aromatic heterocycles. The Morgan fingerprint density at radius 2 is 1.25 bits per heavy atom. The Morgan fingerprint density at radius 3 is 1.81 bits per heavy atom. The van der Waals surface area contributed by atoms with Crippen molar-refractivity contribution in [3.63, 3.8) is 0 Å². The van der Waals surface area contributed by atoms with Crippen LogP contribution in [0, 0.1) is 0 Å². The average molecular weight is 722 g/mol. The topological polar surface area (TPSA) is 157 Å². The molecule has 2 heterocycles. The summed E-state index contributed by atoms with van der Waals surface area (Å²) < 4.78 is 35.6. The number of aromatic nitrogens is 5. The average Bonchev–Trinajstić information content (AvgIpc) is 3.63. The van der Waals surface area contributed by atoms with Crippen molar-refractivity contribution in [2.24, 2.45) is 0 Å². The molecule has 4 aromatic carbocycles. The van der Waals surface area contributed by atoms with Gasteiger partial charge in [-0.25, -0.2) is 9.48 Å². The van der Waals surface area contributed by atoms with Crippen molar-refractivity contribution in [1.82, 2.24) is 24.1 Å². The van der Waals surface area contributed by atoms with Gasteiger partial charge in [-0.15, -0.1) is 5.10 Å². The summed E-state index contributed by atoms with van der Waals surface area (Å²) in [7, 11) is -4.30. The molecular formula is C38H36N5O8P. The molecule has 0 radical (unpaired) electrons. The van der Waals surface area contributed by atoms with E-state index in [1.807, 2.05) is 91.0 Å². The lowest BCUT2D eigenvalue weighted by Crippen LogP contribution is -2.43. The molecule has 6 rings (SSSR count). The van der Waals surface area contributed by atoms with Crippen molar-refractivity contribution in [3.8, 4) is 0 Å². The van der Waals surface area contributed by atoms with Crippen LogP contribution in [0.2, 0.25) is 0 Å². The summed E-state index contributed by atoms with van der Waals surface area (Å²) in [5.41, 5.74) is 1.15. The molecule has 0 aliphatic heterocycles. The Bertz CT molecular complexity index is 2180. The molecule has 0 aliphatic rings. The molecule has 0 amide bonds. The highest BCUT2D eigenvalue weighted by molar-refractivity contribution is 7.54. The van der Waals surface area contributed by atoms with Crippen molar-refractivity contribution in [3.05, 3.63) is 189 Å². The van der Waals surface area contributed by atoms with E-state index in [2.05, 4.69) is 10.3 Å². The summed E-state index contributed by atoms with van der Waals surface area (Å²) in [5, 5.41) is 20.1. The van der Waals surface area contributed by atoms with Crippen LogP contribution >= 0.6 is 7.60 Å². The number of benzene rings is 4. The maximum absolute atomic E-state index is 14.5. The van der Waals surface area contributed by atoms with E-state index in [0.29, 0.717) is 10.3 Å². The Labute approximate surface area is 298 Å². The van der Waals surface area contributed by atoms with E-state index >= 15 is 0 Å². The van der Waals surface area contributed by atoms with Crippen molar-refractivity contribution >= 4 is 13.5 Å². The molecule has 0 saturated carbocycles. The lowest BCUT2D eigenvalue weighted by atomic mass is 10.2. The molecule has 0 aliphatic carbocycles. The van der Waals surface area contributed by atoms with Crippen LogP contribution in [-0.2, 0) is 51.3 Å². The summed E-state index contributed by atoms with van der Waals surface area (Å²) in [5.74, 6) is -2.51. The molecule has 6 aromatic rings. The quantitative estimate of drug-likeness (QED) is 0.137. The van der Waals surface area contributed by atoms with E-state index in [0.717, 1.165) is 27.3 Å². The zero-order valence-electron chi connectivity index (χ0n) is 28.0. The highest BCUT2D eigenvalue weighted by Crippen LogP contribution is 2.55. The van der Waals surface area contributed by atoms with E-state index in [1.54, 1.807) is 18.2 Å². The number of carbonyl (C=O) groups is 1. The minimum absolute atomic E-state index is 0.0634. The third-order valence-corrected chi connectivity index (χ3v) is 9.99. The van der Waals surface area contributed by atoms with Gasteiger partial charge >= 0.3 is 13.3 Å². The number of rotatable bonds is 16. The van der Waals surface area contributed by atoms with Gasteiger partial charge < -0.3 is 18.9 Å². The summed E-state index contributed by atoms with van der Waals surface area (Å²) >= 11 is 0. The van der Waals surface area contributed by atoms with Crippen LogP contribution < -0.4 is 11.2 Å². The number of nitrogens with zero attached hydrogens (tertiary/aromatic N) is 5. The molecule has 14 heteroatoms. The molecule has 0 fully saturated rings. The largest absolute Gasteiger partial charge is 0.378 e. The summed E-state index contributed by atoms with van der Waals surface area (Å²) in [4.78, 5) is 38.9. The molecule has 0 bridgehead atoms. The monoisotopic (exact) mass is 721 g/mol. The van der Waals surface area contributed by atoms with Crippen LogP contribution in [0.4, 0.5) is 0 Å². The van der Waals surface area contributed by atoms with Gasteiger partial charge in [0.15, 0.2) is 5.85 Å². The highest BCUT2D eigenvalue weighted by Gasteiger charge is 2.42. The van der Waals surface area contributed by atoms with Crippen molar-refractivity contribution in [1.29, 1.82) is 0 Å². The minimum atomic E-state index is -4.30. The maximum atomic E-state index is 14.5. The van der Waals surface area contributed by atoms with E-state index in [9.17, 15) is 24.1 Å². The van der Waals surface area contributed by atoms with Gasteiger partial charge in [-0.05, 0) is 28.8 Å². The van der Waals surface area contributed by atoms with Crippen LogP contribution in [-0.4, -0.2) is 47.1 Å². The molecule has 0 spiro atoms. The summed E-state index contributed by atoms with van der Waals surface area (Å²) in [6, 6.07) is 36.6.